The van der Waals surface area contributed by atoms with Crippen molar-refractivity contribution in [3.8, 4) is 35.4 Å². The number of thiol groups is 1. The maximum absolute atomic E-state index is 14.1. The fourth-order valence-corrected chi connectivity index (χ4v) is 13.5. The standard InChI is InChI=1S/C13H13BrFN3.C13H13BrFNO2.2C12H13BrFNO.C12H14FNO.C7H6BrFIN.C5H8O.CH4.BHNS.H4N2/c1-6-8(14)4-9(15)12-10(6)11-7(5-16-18-11)13(2,3)17-12;1-6-8(14)4-9(15)11-10(6)12(18)7(5-17)13(2,3)16-11;1-6-7(13)4-8(14)11-10(6)9(16)5-12(2,3)15-11;1-7-8(4-5-12(2,3)16)11(15)10(14)6-9(7)13;1-7-4-5-8(13)11-10(7)9(15)6-12(2,3)14-11;1-3-4(8)2-5(9)7(11)6(3)10;1-4-5(2,3)6;;1-2-3;1-2/h4-5,17H,1-3H3,(H,16,18);4-5,16-17H,1-3H3;4,15H,5H2,1-3H3;6,16H,15H2,1-3H3;4-5,14H,6H2,1-3H3;2H,11H2,1H3;1,6H,2-3H3;1H4;3H;1-2H2/b;7-5+;;;;;;;;. The van der Waals surface area contributed by atoms with E-state index in [-0.39, 0.29) is 92.9 Å². The average molecular weight is 1920 g/mol. The van der Waals surface area contributed by atoms with Crippen LogP contribution in [0.3, 0.4) is 0 Å². The third-order valence-electron chi connectivity index (χ3n) is 16.0. The monoisotopic (exact) mass is 1920 g/mol. The van der Waals surface area contributed by atoms with E-state index in [4.69, 9.17) is 23.0 Å². The van der Waals surface area contributed by atoms with Crippen LogP contribution in [-0.2, 0) is 5.54 Å². The number of aliphatic hydroxyl groups excluding tert-OH is 1. The van der Waals surface area contributed by atoms with E-state index in [1.165, 1.54) is 36.4 Å². The van der Waals surface area contributed by atoms with Crippen molar-refractivity contribution in [2.24, 2.45) is 16.0 Å². The molecule has 6 aromatic carbocycles. The molecule has 0 amide bonds. The summed E-state index contributed by atoms with van der Waals surface area (Å²) in [7, 11) is 4.34. The van der Waals surface area contributed by atoms with E-state index in [0.29, 0.717) is 65.6 Å². The molecule has 17 nitrogen and oxygen atoms in total. The summed E-state index contributed by atoms with van der Waals surface area (Å²) in [6, 6.07) is 9.96. The second kappa shape index (κ2) is 38.9. The van der Waals surface area contributed by atoms with Crippen molar-refractivity contribution in [1.29, 1.82) is 0 Å². The quantitative estimate of drug-likeness (QED) is 0.00642. The number of nitrogens with two attached hydrogens (primary N) is 4. The number of nitrogens with one attached hydrogen (secondary N) is 5. The van der Waals surface area contributed by atoms with Crippen molar-refractivity contribution in [2.45, 2.75) is 178 Å². The third-order valence-corrected chi connectivity index (χ3v) is 21.5. The number of carbonyl (C=O) groups excluding carboxylic acids is 3. The zero-order valence-electron chi connectivity index (χ0n) is 61.0. The molecule has 4 aliphatic rings. The number of hydrogen-bond acceptors (Lipinski definition) is 17. The number of aryl methyl sites for hydroxylation is 1. The number of nitrogens with zero attached hydrogens (tertiary/aromatic N) is 2. The van der Waals surface area contributed by atoms with Gasteiger partial charge in [0.2, 0.25) is 0 Å². The van der Waals surface area contributed by atoms with Gasteiger partial charge < -0.3 is 48.1 Å². The average Bonchev–Trinajstić information content (AvgIpc) is 1.34. The summed E-state index contributed by atoms with van der Waals surface area (Å²) in [4.78, 5) is 36.2. The number of anilines is 6. The molecule has 1 radical (unpaired) electrons. The van der Waals surface area contributed by atoms with Gasteiger partial charge in [-0.15, -0.1) is 6.42 Å². The van der Waals surface area contributed by atoms with Crippen molar-refractivity contribution in [3.63, 3.8) is 0 Å². The van der Waals surface area contributed by atoms with Crippen LogP contribution in [0, 0.1) is 104 Å². The van der Waals surface area contributed by atoms with Crippen LogP contribution in [0.4, 0.5) is 60.5 Å². The summed E-state index contributed by atoms with van der Waals surface area (Å²) in [5.41, 5.74) is 18.5. The maximum atomic E-state index is 14.1. The Labute approximate surface area is 679 Å². The number of halogens is 12. The molecule has 0 atom stereocenters. The van der Waals surface area contributed by atoms with Gasteiger partial charge in [-0.05, 0) is 217 Å². The number of hydrazine groups is 1. The molecule has 31 heteroatoms. The Morgan fingerprint density at radius 2 is 0.972 bits per heavy atom. The van der Waals surface area contributed by atoms with Crippen LogP contribution in [0.5, 0.6) is 0 Å². The number of hydrogen-bond donors (Lipinski definition) is 13. The van der Waals surface area contributed by atoms with Crippen LogP contribution in [0.2, 0.25) is 0 Å². The van der Waals surface area contributed by atoms with Crippen molar-refractivity contribution in [1.82, 2.24) is 10.2 Å². The Morgan fingerprint density at radius 3 is 1.42 bits per heavy atom. The predicted molar refractivity (Wildman–Crippen MR) is 448 cm³/mol. The molecule has 0 bridgehead atoms. The van der Waals surface area contributed by atoms with Gasteiger partial charge in [-0.1, -0.05) is 111 Å². The number of terminal acetylenes is 1. The number of aromatic nitrogens is 2. The molecule has 1 aromatic heterocycles. The molecular formula is C75H89BBr5F6IN11O6S. The number of benzene rings is 6. The number of rotatable bonds is 0. The number of fused-ring (bicyclic) bond motifs is 6. The molecule has 11 rings (SSSR count). The number of aliphatic hydroxyl groups is 3. The molecule has 0 spiro atoms. The van der Waals surface area contributed by atoms with Gasteiger partial charge in [0.25, 0.3) is 0 Å². The van der Waals surface area contributed by atoms with E-state index in [2.05, 4.69) is 165 Å². The minimum atomic E-state index is -1.13. The first-order chi connectivity index (χ1) is 48.2. The van der Waals surface area contributed by atoms with Gasteiger partial charge in [0.15, 0.2) is 17.3 Å². The number of nitrogen functional groups attached to an aromatic ring is 2. The first-order valence-corrected chi connectivity index (χ1v) is 37.0. The number of H-pyrrole nitrogens is 1. The Hall–Kier alpha value is -6.24. The normalized spacial score (nSPS) is 14.8. The van der Waals surface area contributed by atoms with Crippen LogP contribution in [-0.4, -0.2) is 78.3 Å². The summed E-state index contributed by atoms with van der Waals surface area (Å²) >= 11 is 21.5. The Balaban J connectivity index is 0.000000421. The molecule has 106 heavy (non-hydrogen) atoms. The number of ketones is 3. The number of aromatic amines is 1. The van der Waals surface area contributed by atoms with Gasteiger partial charge in [0.05, 0.1) is 80.1 Å². The Morgan fingerprint density at radius 1 is 0.604 bits per heavy atom. The Bertz CT molecular complexity index is 4570. The molecule has 16 N–H and O–H groups in total. The minimum absolute atomic E-state index is 0. The van der Waals surface area contributed by atoms with Crippen molar-refractivity contribution in [2.75, 3.05) is 32.7 Å². The first kappa shape index (κ1) is 95.8. The fourth-order valence-electron chi connectivity index (χ4n) is 10.5. The second-order valence-corrected chi connectivity index (χ2v) is 33.2. The molecular weight excluding hydrogens is 1830 g/mol. The van der Waals surface area contributed by atoms with Crippen molar-refractivity contribution >= 4 is 174 Å². The summed E-state index contributed by atoms with van der Waals surface area (Å²) in [5.74, 6) is 12.8. The molecule has 0 aliphatic carbocycles. The molecule has 4 aliphatic heterocycles. The van der Waals surface area contributed by atoms with Crippen molar-refractivity contribution in [3.05, 3.63) is 183 Å². The molecule has 5 heterocycles. The summed E-state index contributed by atoms with van der Waals surface area (Å²) in [6.45, 7) is 32.3. The fraction of sp³-hybridized carbons (Fsp3) is 0.360. The van der Waals surface area contributed by atoms with Gasteiger partial charge in [0, 0.05) is 72.1 Å². The molecule has 7 aromatic rings. The van der Waals surface area contributed by atoms with E-state index < -0.39 is 28.4 Å². The summed E-state index contributed by atoms with van der Waals surface area (Å²) in [6.07, 6.45) is 8.18. The van der Waals surface area contributed by atoms with Crippen LogP contribution in [0.15, 0.2) is 87.2 Å². The predicted octanol–water partition coefficient (Wildman–Crippen LogP) is 20.0. The SMILES string of the molecule is C.C#CC(C)(C)O.Cc1c(Br)cc(F)c(N)c1C#CC(C)(C)O.Cc1c(Br)cc(F)c(N)c1I.Cc1c(Br)cc(F)c2c1-c1[nH]ncc1C(C)(C)N2.Cc1c(Br)cc(F)c2c1C(=O)/C(=C\O)C(C)(C)N2.Cc1c(Br)cc(F)c2c1C(=O)CC(C)(C)N2.Cc1ccc(F)c2c1C(=O)CC(C)(C)N2.NN.[B]=NS. The van der Waals surface area contributed by atoms with Gasteiger partial charge in [-0.2, -0.15) is 5.10 Å². The van der Waals surface area contributed by atoms with E-state index in [1.54, 1.807) is 67.7 Å². The number of Topliss-reactive ketones (excluding diaryl/α,β-unsaturated/α-hetero) is 3. The van der Waals surface area contributed by atoms with Gasteiger partial charge >= 0.3 is 24.8 Å². The van der Waals surface area contributed by atoms with Gasteiger partial charge in [0.1, 0.15) is 46.1 Å². The molecule has 0 saturated carbocycles. The molecule has 0 fully saturated rings. The molecule has 573 valence electrons. The van der Waals surface area contributed by atoms with Crippen LogP contribution in [0.25, 0.3) is 11.3 Å². The Kier molecular flexibility index (Phi) is 35.2. The van der Waals surface area contributed by atoms with Crippen molar-refractivity contribution < 1.29 is 56.0 Å². The van der Waals surface area contributed by atoms with E-state index in [0.717, 1.165) is 63.4 Å². The topological polar surface area (TPSA) is 305 Å². The summed E-state index contributed by atoms with van der Waals surface area (Å²) < 4.78 is 88.4. The number of carbonyl (C=O) groups is 3. The van der Waals surface area contributed by atoms with E-state index in [1.807, 2.05) is 91.8 Å². The van der Waals surface area contributed by atoms with Crippen LogP contribution in [0.1, 0.15) is 179 Å². The summed E-state index contributed by atoms with van der Waals surface area (Å²) in [5, 5.41) is 46.8. The van der Waals surface area contributed by atoms with Crippen LogP contribution < -0.4 is 44.4 Å². The second-order valence-electron chi connectivity index (χ2n) is 27.6. The molecule has 0 saturated heterocycles. The van der Waals surface area contributed by atoms with E-state index in [9.17, 15) is 50.9 Å². The third kappa shape index (κ3) is 24.4. The van der Waals surface area contributed by atoms with Crippen LogP contribution >= 0.6 is 115 Å². The van der Waals surface area contributed by atoms with Gasteiger partial charge in [-0.3, -0.25) is 31.2 Å². The molecule has 0 unspecified atom stereocenters. The van der Waals surface area contributed by atoms with E-state index >= 15 is 0 Å². The first-order valence-electron chi connectivity index (χ1n) is 31.5. The van der Waals surface area contributed by atoms with Gasteiger partial charge in [-0.25, -0.2) is 26.3 Å². The zero-order valence-corrected chi connectivity index (χ0v) is 72.0. The zero-order chi connectivity index (χ0) is 81.1.